The predicted octanol–water partition coefficient (Wildman–Crippen LogP) is 0.279. The molecule has 1 rings (SSSR count). The number of aryl methyl sites for hydroxylation is 1. The quantitative estimate of drug-likeness (QED) is 0.765. The molecule has 0 saturated heterocycles. The highest BCUT2D eigenvalue weighted by atomic mass is 32.2. The summed E-state index contributed by atoms with van der Waals surface area (Å²) in [6.45, 7) is 3.98. The number of sulfone groups is 1. The molecule has 0 aliphatic heterocycles. The highest BCUT2D eigenvalue weighted by Crippen LogP contribution is 2.12. The Morgan fingerprint density at radius 3 is 2.62 bits per heavy atom. The van der Waals surface area contributed by atoms with Crippen LogP contribution in [0.2, 0.25) is 0 Å². The maximum atomic E-state index is 11.5. The fourth-order valence-corrected chi connectivity index (χ4v) is 2.06. The summed E-state index contributed by atoms with van der Waals surface area (Å²) < 4.78 is 24.4. The lowest BCUT2D eigenvalue weighted by Crippen LogP contribution is -2.11. The van der Waals surface area contributed by atoms with Crippen LogP contribution in [0.4, 0.5) is 5.82 Å². The van der Waals surface area contributed by atoms with E-state index in [1.165, 1.54) is 10.8 Å². The molecule has 1 aromatic heterocycles. The molecule has 0 spiro atoms. The third kappa shape index (κ3) is 1.82. The number of nitrogens with zero attached hydrogens (tertiary/aromatic N) is 2. The van der Waals surface area contributed by atoms with Gasteiger partial charge in [0.2, 0.25) is 15.0 Å². The highest BCUT2D eigenvalue weighted by Gasteiger charge is 2.18. The van der Waals surface area contributed by atoms with Crippen molar-refractivity contribution in [2.45, 2.75) is 25.5 Å². The Bertz CT molecular complexity index is 394. The molecule has 0 aliphatic rings. The molecular weight excluding hydrogens is 190 g/mol. The van der Waals surface area contributed by atoms with Gasteiger partial charge in [-0.15, -0.1) is 0 Å². The van der Waals surface area contributed by atoms with Gasteiger partial charge in [-0.05, 0) is 6.92 Å². The van der Waals surface area contributed by atoms with Gasteiger partial charge < -0.3 is 10.3 Å². The third-order valence-corrected chi connectivity index (χ3v) is 3.40. The first kappa shape index (κ1) is 10.0. The van der Waals surface area contributed by atoms with E-state index < -0.39 is 9.84 Å². The molecule has 2 N–H and O–H groups in total. The van der Waals surface area contributed by atoms with Crippen molar-refractivity contribution in [3.05, 3.63) is 6.20 Å². The van der Waals surface area contributed by atoms with Crippen molar-refractivity contribution >= 4 is 15.7 Å². The van der Waals surface area contributed by atoms with E-state index >= 15 is 0 Å². The Morgan fingerprint density at radius 1 is 1.54 bits per heavy atom. The lowest BCUT2D eigenvalue weighted by atomic mass is 10.7. The van der Waals surface area contributed by atoms with E-state index in [0.29, 0.717) is 6.54 Å². The van der Waals surface area contributed by atoms with Crippen LogP contribution >= 0.6 is 0 Å². The molecule has 6 heteroatoms. The SMILES string of the molecule is CCn1cc(N)nc1S(=O)(=O)CC. The second-order valence-corrected chi connectivity index (χ2v) is 4.81. The lowest BCUT2D eigenvalue weighted by Gasteiger charge is -2.02. The van der Waals surface area contributed by atoms with E-state index in [0.717, 1.165) is 0 Å². The number of nitrogen functional groups attached to an aromatic ring is 1. The largest absolute Gasteiger partial charge is 0.382 e. The van der Waals surface area contributed by atoms with E-state index in [1.54, 1.807) is 6.92 Å². The van der Waals surface area contributed by atoms with Gasteiger partial charge in [0.1, 0.15) is 5.82 Å². The Labute approximate surface area is 77.5 Å². The van der Waals surface area contributed by atoms with E-state index in [9.17, 15) is 8.42 Å². The van der Waals surface area contributed by atoms with Crippen LogP contribution in [0.25, 0.3) is 0 Å². The number of hydrogen-bond donors (Lipinski definition) is 1. The smallest absolute Gasteiger partial charge is 0.229 e. The zero-order valence-electron chi connectivity index (χ0n) is 7.69. The van der Waals surface area contributed by atoms with Crippen molar-refractivity contribution < 1.29 is 8.42 Å². The Kier molecular flexibility index (Phi) is 2.60. The summed E-state index contributed by atoms with van der Waals surface area (Å²) in [7, 11) is -3.25. The molecule has 0 aromatic carbocycles. The molecule has 0 radical (unpaired) electrons. The zero-order chi connectivity index (χ0) is 10.1. The zero-order valence-corrected chi connectivity index (χ0v) is 8.50. The van der Waals surface area contributed by atoms with Crippen molar-refractivity contribution in [3.8, 4) is 0 Å². The third-order valence-electron chi connectivity index (χ3n) is 1.76. The van der Waals surface area contributed by atoms with E-state index in [4.69, 9.17) is 5.73 Å². The van der Waals surface area contributed by atoms with E-state index in [2.05, 4.69) is 4.98 Å². The minimum absolute atomic E-state index is 0.0451. The van der Waals surface area contributed by atoms with Crippen LogP contribution in [0, 0.1) is 0 Å². The van der Waals surface area contributed by atoms with Gasteiger partial charge in [-0.1, -0.05) is 6.92 Å². The van der Waals surface area contributed by atoms with Gasteiger partial charge in [0.05, 0.1) is 5.75 Å². The summed E-state index contributed by atoms with van der Waals surface area (Å²) >= 11 is 0. The summed E-state index contributed by atoms with van der Waals surface area (Å²) in [6.07, 6.45) is 1.53. The average molecular weight is 203 g/mol. The maximum absolute atomic E-state index is 11.5. The molecule has 0 atom stereocenters. The summed E-state index contributed by atoms with van der Waals surface area (Å²) in [5.41, 5.74) is 5.41. The van der Waals surface area contributed by atoms with Crippen LogP contribution in [0.15, 0.2) is 11.4 Å². The molecule has 1 heterocycles. The number of anilines is 1. The number of nitrogens with two attached hydrogens (primary N) is 1. The van der Waals surface area contributed by atoms with Gasteiger partial charge in [-0.2, -0.15) is 0 Å². The molecular formula is C7H13N3O2S. The lowest BCUT2D eigenvalue weighted by molar-refractivity contribution is 0.570. The van der Waals surface area contributed by atoms with Gasteiger partial charge in [0.15, 0.2) is 0 Å². The van der Waals surface area contributed by atoms with Crippen molar-refractivity contribution in [1.29, 1.82) is 0 Å². The number of hydrogen-bond acceptors (Lipinski definition) is 4. The minimum Gasteiger partial charge on any atom is -0.382 e. The molecule has 74 valence electrons. The normalized spacial score (nSPS) is 11.8. The van der Waals surface area contributed by atoms with Gasteiger partial charge in [-0.25, -0.2) is 13.4 Å². The Balaban J connectivity index is 3.29. The second-order valence-electron chi connectivity index (χ2n) is 2.64. The summed E-state index contributed by atoms with van der Waals surface area (Å²) in [4.78, 5) is 3.78. The van der Waals surface area contributed by atoms with E-state index in [-0.39, 0.29) is 16.7 Å². The van der Waals surface area contributed by atoms with Gasteiger partial charge in [0.25, 0.3) is 0 Å². The molecule has 0 unspecified atom stereocenters. The van der Waals surface area contributed by atoms with Crippen molar-refractivity contribution in [1.82, 2.24) is 9.55 Å². The molecule has 0 amide bonds. The summed E-state index contributed by atoms with van der Waals surface area (Å²) in [6, 6.07) is 0. The monoisotopic (exact) mass is 203 g/mol. The van der Waals surface area contributed by atoms with Crippen LogP contribution in [-0.2, 0) is 16.4 Å². The van der Waals surface area contributed by atoms with E-state index in [1.807, 2.05) is 6.92 Å². The van der Waals surface area contributed by atoms with Gasteiger partial charge in [0, 0.05) is 12.7 Å². The first-order valence-electron chi connectivity index (χ1n) is 4.06. The van der Waals surface area contributed by atoms with Crippen LogP contribution in [0.3, 0.4) is 0 Å². The topological polar surface area (TPSA) is 78.0 Å². The van der Waals surface area contributed by atoms with Gasteiger partial charge >= 0.3 is 0 Å². The second kappa shape index (κ2) is 3.37. The number of rotatable bonds is 3. The van der Waals surface area contributed by atoms with Crippen LogP contribution in [-0.4, -0.2) is 23.7 Å². The molecule has 0 saturated carbocycles. The van der Waals surface area contributed by atoms with Crippen molar-refractivity contribution in [2.75, 3.05) is 11.5 Å². The van der Waals surface area contributed by atoms with Gasteiger partial charge in [-0.3, -0.25) is 0 Å². The average Bonchev–Trinajstić information content (AvgIpc) is 2.47. The fraction of sp³-hybridized carbons (Fsp3) is 0.571. The maximum Gasteiger partial charge on any atom is 0.229 e. The molecule has 5 nitrogen and oxygen atoms in total. The molecule has 1 aromatic rings. The van der Waals surface area contributed by atoms with Crippen LogP contribution in [0.1, 0.15) is 13.8 Å². The van der Waals surface area contributed by atoms with Crippen molar-refractivity contribution in [3.63, 3.8) is 0 Å². The fourth-order valence-electron chi connectivity index (χ4n) is 1.02. The predicted molar refractivity (Wildman–Crippen MR) is 50.0 cm³/mol. The van der Waals surface area contributed by atoms with Crippen LogP contribution in [0.5, 0.6) is 0 Å². The summed E-state index contributed by atoms with van der Waals surface area (Å²) in [5.74, 6) is 0.289. The minimum atomic E-state index is -3.25. The van der Waals surface area contributed by atoms with Crippen LogP contribution < -0.4 is 5.73 Å². The molecule has 0 aliphatic carbocycles. The first-order chi connectivity index (χ1) is 6.01. The Morgan fingerprint density at radius 2 is 2.15 bits per heavy atom. The highest BCUT2D eigenvalue weighted by molar-refractivity contribution is 7.91. The molecule has 13 heavy (non-hydrogen) atoms. The Hall–Kier alpha value is -1.04. The first-order valence-corrected chi connectivity index (χ1v) is 5.72. The standard InChI is InChI=1S/C7H13N3O2S/c1-3-10-5-6(8)9-7(10)13(11,12)4-2/h5H,3-4,8H2,1-2H3. The number of aromatic nitrogens is 2. The van der Waals surface area contributed by atoms with Crippen molar-refractivity contribution in [2.24, 2.45) is 0 Å². The number of imidazole rings is 1. The summed E-state index contributed by atoms with van der Waals surface area (Å²) in [5, 5.41) is 0.0648. The molecule has 0 bridgehead atoms. The molecule has 0 fully saturated rings.